The summed E-state index contributed by atoms with van der Waals surface area (Å²) in [7, 11) is 0. The quantitative estimate of drug-likeness (QED) is 0.220. The number of anilines is 1. The highest BCUT2D eigenvalue weighted by atomic mass is 32.1. The molecule has 4 N–H and O–H groups in total. The molecule has 5 heteroatoms. The van der Waals surface area contributed by atoms with E-state index in [4.69, 9.17) is 23.4 Å². The second-order valence-electron chi connectivity index (χ2n) is 7.10. The van der Waals surface area contributed by atoms with Gasteiger partial charge in [-0.3, -0.25) is 0 Å². The van der Waals surface area contributed by atoms with Crippen molar-refractivity contribution in [1.82, 2.24) is 4.98 Å². The van der Waals surface area contributed by atoms with Gasteiger partial charge < -0.3 is 16.5 Å². The topological polar surface area (TPSA) is 74.8 Å². The van der Waals surface area contributed by atoms with Gasteiger partial charge in [0.05, 0.1) is 0 Å². The maximum atomic E-state index is 8.02. The highest BCUT2D eigenvalue weighted by Gasteiger charge is 2.37. The van der Waals surface area contributed by atoms with Crippen molar-refractivity contribution in [2.24, 2.45) is 5.73 Å². The van der Waals surface area contributed by atoms with Gasteiger partial charge in [-0.25, -0.2) is 4.98 Å². The molecule has 0 aliphatic carbocycles. The molecule has 0 aliphatic rings. The van der Waals surface area contributed by atoms with E-state index in [1.54, 1.807) is 12.3 Å². The first-order valence-corrected chi connectivity index (χ1v) is 10.3. The van der Waals surface area contributed by atoms with Crippen molar-refractivity contribution in [3.8, 4) is 0 Å². The highest BCUT2D eigenvalue weighted by molar-refractivity contribution is 7.80. The van der Waals surface area contributed by atoms with Crippen LogP contribution in [0.25, 0.3) is 0 Å². The summed E-state index contributed by atoms with van der Waals surface area (Å²) in [6.45, 7) is 0. The molecule has 0 amide bonds. The fraction of sp³-hybridized carbons (Fsp3) is 0.0385. The molecule has 0 saturated carbocycles. The second kappa shape index (κ2) is 8.90. The van der Waals surface area contributed by atoms with Crippen LogP contribution in [0.1, 0.15) is 27.8 Å². The molecule has 0 aliphatic heterocycles. The number of aromatic nitrogens is 1. The molecule has 0 radical (unpaired) electrons. The average molecular weight is 423 g/mol. The molecule has 0 saturated heterocycles. The summed E-state index contributed by atoms with van der Waals surface area (Å²) in [5.41, 5.74) is 9.50. The fourth-order valence-electron chi connectivity index (χ4n) is 3.89. The van der Waals surface area contributed by atoms with Crippen molar-refractivity contribution in [3.63, 3.8) is 0 Å². The Kier molecular flexibility index (Phi) is 5.87. The molecule has 0 unspecified atom stereocenters. The number of hydrogen-bond donors (Lipinski definition) is 3. The number of rotatable bonds is 7. The standard InChI is InChI=1S/C26H22N4S/c27-18-23-22(24(28)31)16-17-29-25(23)30-26(19-10-4-1-5-11-19,20-12-6-2-7-13-20)21-14-8-3-9-15-21/h1-18,27H,(H2,28,31)(H,29,30). The first-order valence-electron chi connectivity index (χ1n) is 9.91. The largest absolute Gasteiger partial charge is 0.389 e. The maximum Gasteiger partial charge on any atom is 0.136 e. The van der Waals surface area contributed by atoms with Crippen LogP contribution < -0.4 is 11.1 Å². The zero-order valence-electron chi connectivity index (χ0n) is 16.8. The smallest absolute Gasteiger partial charge is 0.136 e. The van der Waals surface area contributed by atoms with Gasteiger partial charge in [-0.1, -0.05) is 103 Å². The van der Waals surface area contributed by atoms with Gasteiger partial charge in [0.25, 0.3) is 0 Å². The summed E-state index contributed by atoms with van der Waals surface area (Å²) in [6.07, 6.45) is 2.91. The van der Waals surface area contributed by atoms with E-state index >= 15 is 0 Å². The molecule has 152 valence electrons. The van der Waals surface area contributed by atoms with Crippen molar-refractivity contribution >= 4 is 29.2 Å². The van der Waals surface area contributed by atoms with Crippen LogP contribution in [0.15, 0.2) is 103 Å². The number of hydrogen-bond acceptors (Lipinski definition) is 4. The molecule has 0 bridgehead atoms. The van der Waals surface area contributed by atoms with Gasteiger partial charge in [0.1, 0.15) is 16.3 Å². The van der Waals surface area contributed by atoms with E-state index in [-0.39, 0.29) is 4.99 Å². The average Bonchev–Trinajstić information content (AvgIpc) is 2.84. The Morgan fingerprint density at radius 2 is 1.26 bits per heavy atom. The van der Waals surface area contributed by atoms with Gasteiger partial charge in [0.15, 0.2) is 0 Å². The molecule has 3 aromatic carbocycles. The number of nitrogens with zero attached hydrogens (tertiary/aromatic N) is 1. The van der Waals surface area contributed by atoms with E-state index in [1.807, 2.05) is 54.6 Å². The van der Waals surface area contributed by atoms with E-state index in [2.05, 4.69) is 46.7 Å². The maximum absolute atomic E-state index is 8.02. The Morgan fingerprint density at radius 3 is 1.65 bits per heavy atom. The molecular weight excluding hydrogens is 400 g/mol. The summed E-state index contributed by atoms with van der Waals surface area (Å²) >= 11 is 5.22. The number of benzene rings is 3. The van der Waals surface area contributed by atoms with Crippen molar-refractivity contribution in [1.29, 1.82) is 5.41 Å². The van der Waals surface area contributed by atoms with Crippen LogP contribution in [0.4, 0.5) is 5.82 Å². The van der Waals surface area contributed by atoms with Crippen LogP contribution in [0.3, 0.4) is 0 Å². The minimum atomic E-state index is -0.747. The zero-order chi connectivity index (χ0) is 21.7. The number of pyridine rings is 1. The predicted molar refractivity (Wildman–Crippen MR) is 131 cm³/mol. The third kappa shape index (κ3) is 3.83. The number of thiocarbonyl (C=S) groups is 1. The summed E-state index contributed by atoms with van der Waals surface area (Å²) in [4.78, 5) is 4.81. The Labute approximate surface area is 187 Å². The molecule has 4 aromatic rings. The lowest BCUT2D eigenvalue weighted by Crippen LogP contribution is -2.39. The normalized spacial score (nSPS) is 11.0. The van der Waals surface area contributed by atoms with Crippen molar-refractivity contribution in [2.45, 2.75) is 5.54 Å². The highest BCUT2D eigenvalue weighted by Crippen LogP contribution is 2.40. The van der Waals surface area contributed by atoms with Gasteiger partial charge in [-0.2, -0.15) is 0 Å². The molecule has 1 aromatic heterocycles. The van der Waals surface area contributed by atoms with Gasteiger partial charge in [-0.15, -0.1) is 0 Å². The second-order valence-corrected chi connectivity index (χ2v) is 7.54. The molecule has 0 fully saturated rings. The fourth-order valence-corrected chi connectivity index (χ4v) is 4.07. The van der Waals surface area contributed by atoms with E-state index in [1.165, 1.54) is 6.21 Å². The van der Waals surface area contributed by atoms with E-state index in [0.29, 0.717) is 16.9 Å². The van der Waals surface area contributed by atoms with Gasteiger partial charge >= 0.3 is 0 Å². The van der Waals surface area contributed by atoms with Crippen LogP contribution in [0, 0.1) is 5.41 Å². The molecule has 1 heterocycles. The summed E-state index contributed by atoms with van der Waals surface area (Å²) in [5, 5.41) is 11.7. The monoisotopic (exact) mass is 422 g/mol. The number of nitrogens with two attached hydrogens (primary N) is 1. The summed E-state index contributed by atoms with van der Waals surface area (Å²) in [6, 6.07) is 32.4. The molecule has 0 spiro atoms. The lowest BCUT2D eigenvalue weighted by atomic mass is 9.77. The zero-order valence-corrected chi connectivity index (χ0v) is 17.6. The van der Waals surface area contributed by atoms with Crippen molar-refractivity contribution in [2.75, 3.05) is 5.32 Å². The summed E-state index contributed by atoms with van der Waals surface area (Å²) in [5.74, 6) is 0.539. The van der Waals surface area contributed by atoms with E-state index in [9.17, 15) is 0 Å². The van der Waals surface area contributed by atoms with Crippen LogP contribution in [0.2, 0.25) is 0 Å². The van der Waals surface area contributed by atoms with E-state index in [0.717, 1.165) is 16.7 Å². The minimum absolute atomic E-state index is 0.230. The Balaban J connectivity index is 2.04. The van der Waals surface area contributed by atoms with Crippen molar-refractivity contribution < 1.29 is 0 Å². The first kappa shape index (κ1) is 20.4. The lowest BCUT2D eigenvalue weighted by Gasteiger charge is -2.38. The van der Waals surface area contributed by atoms with Crippen LogP contribution in [-0.2, 0) is 5.54 Å². The van der Waals surface area contributed by atoms with Gasteiger partial charge in [-0.05, 0) is 22.8 Å². The minimum Gasteiger partial charge on any atom is -0.389 e. The van der Waals surface area contributed by atoms with Gasteiger partial charge in [0.2, 0.25) is 0 Å². The van der Waals surface area contributed by atoms with Crippen LogP contribution >= 0.6 is 12.2 Å². The Morgan fingerprint density at radius 1 is 0.806 bits per heavy atom. The Hall–Kier alpha value is -3.83. The third-order valence-electron chi connectivity index (χ3n) is 5.33. The molecule has 4 nitrogen and oxygen atoms in total. The van der Waals surface area contributed by atoms with Crippen molar-refractivity contribution in [3.05, 3.63) is 131 Å². The third-order valence-corrected chi connectivity index (χ3v) is 5.55. The predicted octanol–water partition coefficient (Wildman–Crippen LogP) is 5.12. The Bertz CT molecular complexity index is 1100. The molecule has 0 atom stereocenters. The number of nitrogens with one attached hydrogen (secondary N) is 2. The van der Waals surface area contributed by atoms with Crippen LogP contribution in [0.5, 0.6) is 0 Å². The lowest BCUT2D eigenvalue weighted by molar-refractivity contribution is 0.706. The first-order chi connectivity index (χ1) is 15.2. The van der Waals surface area contributed by atoms with E-state index < -0.39 is 5.54 Å². The van der Waals surface area contributed by atoms with Crippen LogP contribution in [-0.4, -0.2) is 16.2 Å². The SMILES string of the molecule is N=Cc1c(C(N)=S)ccnc1NC(c1ccccc1)(c1ccccc1)c1ccccc1. The molecule has 31 heavy (non-hydrogen) atoms. The summed E-state index contributed by atoms with van der Waals surface area (Å²) < 4.78 is 0. The van der Waals surface area contributed by atoms with Gasteiger partial charge in [0, 0.05) is 23.5 Å². The molecular formula is C26H22N4S. The molecule has 4 rings (SSSR count).